The maximum atomic E-state index is 11.6. The molecule has 1 aliphatic heterocycles. The summed E-state index contributed by atoms with van der Waals surface area (Å²) in [6.07, 6.45) is 1.30. The van der Waals surface area contributed by atoms with E-state index in [4.69, 9.17) is 32.7 Å². The van der Waals surface area contributed by atoms with Gasteiger partial charge in [0.1, 0.15) is 12.2 Å². The first-order valence-electron chi connectivity index (χ1n) is 9.82. The number of rotatable bonds is 7. The maximum Gasteiger partial charge on any atom is 0.342 e. The summed E-state index contributed by atoms with van der Waals surface area (Å²) in [6, 6.07) is 12.8. The van der Waals surface area contributed by atoms with Gasteiger partial charge >= 0.3 is 5.97 Å². The van der Waals surface area contributed by atoms with Crippen LogP contribution in [-0.2, 0) is 4.74 Å². The van der Waals surface area contributed by atoms with E-state index in [2.05, 4.69) is 10.00 Å². The second kappa shape index (κ2) is 9.70. The lowest BCUT2D eigenvalue weighted by Gasteiger charge is -2.26. The van der Waals surface area contributed by atoms with Gasteiger partial charge in [-0.1, -0.05) is 35.3 Å². The molecule has 0 saturated carbocycles. The lowest BCUT2D eigenvalue weighted by molar-refractivity contribution is 0.0317. The Labute approximate surface area is 189 Å². The number of carboxylic acid groups (broad SMARTS) is 1. The molecule has 4 rings (SSSR count). The molecule has 0 spiro atoms. The topological polar surface area (TPSA) is 76.8 Å². The van der Waals surface area contributed by atoms with Crippen LogP contribution in [0.5, 0.6) is 5.88 Å². The molecule has 1 aromatic heterocycles. The Kier molecular flexibility index (Phi) is 6.77. The molecule has 1 aliphatic rings. The van der Waals surface area contributed by atoms with Crippen LogP contribution in [-0.4, -0.2) is 65.2 Å². The number of hydrogen-bond acceptors (Lipinski definition) is 5. The summed E-state index contributed by atoms with van der Waals surface area (Å²) in [5, 5.41) is 14.9. The number of carbonyl (C=O) groups is 1. The molecule has 0 atom stereocenters. The van der Waals surface area contributed by atoms with Gasteiger partial charge in [0.15, 0.2) is 0 Å². The first-order valence-corrected chi connectivity index (χ1v) is 10.6. The highest BCUT2D eigenvalue weighted by Crippen LogP contribution is 2.29. The molecule has 0 amide bonds. The van der Waals surface area contributed by atoms with E-state index in [1.54, 1.807) is 6.07 Å². The van der Waals surface area contributed by atoms with Crippen molar-refractivity contribution < 1.29 is 19.4 Å². The number of benzene rings is 2. The van der Waals surface area contributed by atoms with Crippen molar-refractivity contribution in [2.75, 3.05) is 39.5 Å². The van der Waals surface area contributed by atoms with Crippen LogP contribution in [0.3, 0.4) is 0 Å². The molecule has 7 nitrogen and oxygen atoms in total. The van der Waals surface area contributed by atoms with E-state index in [0.717, 1.165) is 24.2 Å². The average Bonchev–Trinajstić information content (AvgIpc) is 3.18. The van der Waals surface area contributed by atoms with Crippen LogP contribution in [0.25, 0.3) is 16.8 Å². The fraction of sp³-hybridized carbons (Fsp3) is 0.273. The highest BCUT2D eigenvalue weighted by atomic mass is 35.5. The van der Waals surface area contributed by atoms with Gasteiger partial charge in [-0.15, -0.1) is 0 Å². The fourth-order valence-electron chi connectivity index (χ4n) is 3.42. The number of nitrogens with zero attached hydrogens (tertiary/aromatic N) is 3. The zero-order chi connectivity index (χ0) is 21.8. The minimum atomic E-state index is -1.09. The van der Waals surface area contributed by atoms with Crippen LogP contribution in [0.1, 0.15) is 10.4 Å². The first kappa shape index (κ1) is 21.6. The number of halogens is 2. The largest absolute Gasteiger partial charge is 0.477 e. The number of carboxylic acids is 1. The molecule has 0 radical (unpaired) electrons. The zero-order valence-electron chi connectivity index (χ0n) is 16.6. The molecule has 1 fully saturated rings. The molecule has 1 saturated heterocycles. The third-order valence-corrected chi connectivity index (χ3v) is 5.45. The van der Waals surface area contributed by atoms with Gasteiger partial charge in [-0.25, -0.2) is 9.48 Å². The third-order valence-electron chi connectivity index (χ3n) is 5.01. The van der Waals surface area contributed by atoms with E-state index >= 15 is 0 Å². The third kappa shape index (κ3) is 5.19. The molecule has 0 aliphatic carbocycles. The second-order valence-corrected chi connectivity index (χ2v) is 7.96. The van der Waals surface area contributed by atoms with E-state index in [1.165, 1.54) is 10.9 Å². The zero-order valence-corrected chi connectivity index (χ0v) is 18.1. The number of hydrogen-bond donors (Lipinski definition) is 1. The Bertz CT molecular complexity index is 1040. The molecular weight excluding hydrogens is 441 g/mol. The van der Waals surface area contributed by atoms with E-state index in [0.29, 0.717) is 42.1 Å². The van der Waals surface area contributed by atoms with Crippen LogP contribution < -0.4 is 4.74 Å². The van der Waals surface area contributed by atoms with E-state index in [-0.39, 0.29) is 11.4 Å². The number of aromatic nitrogens is 2. The van der Waals surface area contributed by atoms with E-state index < -0.39 is 5.97 Å². The average molecular weight is 462 g/mol. The molecule has 0 unspecified atom stereocenters. The Morgan fingerprint density at radius 3 is 2.39 bits per heavy atom. The van der Waals surface area contributed by atoms with Crippen molar-refractivity contribution in [1.29, 1.82) is 0 Å². The summed E-state index contributed by atoms with van der Waals surface area (Å²) in [5.41, 5.74) is 2.52. The maximum absolute atomic E-state index is 11.6. The van der Waals surface area contributed by atoms with Crippen molar-refractivity contribution >= 4 is 29.2 Å². The molecule has 2 heterocycles. The Hall–Kier alpha value is -2.58. The van der Waals surface area contributed by atoms with Gasteiger partial charge < -0.3 is 14.6 Å². The molecule has 162 valence electrons. The molecular formula is C22H21Cl2N3O4. The monoisotopic (exact) mass is 461 g/mol. The second-order valence-electron chi connectivity index (χ2n) is 7.09. The molecule has 3 aromatic rings. The number of aromatic carboxylic acids is 1. The molecule has 2 aromatic carbocycles. The van der Waals surface area contributed by atoms with Gasteiger partial charge in [0.25, 0.3) is 0 Å². The van der Waals surface area contributed by atoms with Gasteiger partial charge in [0.2, 0.25) is 5.88 Å². The van der Waals surface area contributed by atoms with Crippen molar-refractivity contribution in [1.82, 2.24) is 14.7 Å². The lowest BCUT2D eigenvalue weighted by Crippen LogP contribution is -2.38. The van der Waals surface area contributed by atoms with Crippen LogP contribution in [0, 0.1) is 0 Å². The summed E-state index contributed by atoms with van der Waals surface area (Å²) in [5.74, 6) is -0.878. The van der Waals surface area contributed by atoms with Crippen molar-refractivity contribution in [3.05, 3.63) is 64.3 Å². The van der Waals surface area contributed by atoms with Gasteiger partial charge in [0, 0.05) is 29.7 Å². The summed E-state index contributed by atoms with van der Waals surface area (Å²) in [4.78, 5) is 13.9. The SMILES string of the molecule is O=C(O)c1cnn(-c2ccc(-c3cc(Cl)cc(Cl)c3)cc2)c1OCCN1CCOCC1. The lowest BCUT2D eigenvalue weighted by atomic mass is 10.1. The van der Waals surface area contributed by atoms with Crippen molar-refractivity contribution in [2.45, 2.75) is 0 Å². The van der Waals surface area contributed by atoms with Gasteiger partial charge in [0.05, 0.1) is 25.1 Å². The molecule has 31 heavy (non-hydrogen) atoms. The van der Waals surface area contributed by atoms with E-state index in [1.807, 2.05) is 36.4 Å². The van der Waals surface area contributed by atoms with Crippen LogP contribution in [0.15, 0.2) is 48.7 Å². The van der Waals surface area contributed by atoms with E-state index in [9.17, 15) is 9.90 Å². The highest BCUT2D eigenvalue weighted by molar-refractivity contribution is 6.35. The summed E-state index contributed by atoms with van der Waals surface area (Å²) >= 11 is 12.2. The minimum absolute atomic E-state index is 0.0210. The van der Waals surface area contributed by atoms with Gasteiger partial charge in [-0.05, 0) is 41.5 Å². The van der Waals surface area contributed by atoms with Crippen molar-refractivity contribution in [3.8, 4) is 22.7 Å². The minimum Gasteiger partial charge on any atom is -0.477 e. The summed E-state index contributed by atoms with van der Waals surface area (Å²) in [7, 11) is 0. The van der Waals surface area contributed by atoms with Crippen LogP contribution in [0.4, 0.5) is 0 Å². The standard InChI is InChI=1S/C22H21Cl2N3O4/c23-17-11-16(12-18(24)13-17)15-1-3-19(4-2-15)27-21(20(14-25-27)22(28)29)31-10-7-26-5-8-30-9-6-26/h1-4,11-14H,5-10H2,(H,28,29). The van der Waals surface area contributed by atoms with Crippen molar-refractivity contribution in [3.63, 3.8) is 0 Å². The smallest absolute Gasteiger partial charge is 0.342 e. The van der Waals surface area contributed by atoms with Crippen LogP contribution >= 0.6 is 23.2 Å². The quantitative estimate of drug-likeness (QED) is 0.566. The Morgan fingerprint density at radius 1 is 1.06 bits per heavy atom. The molecule has 1 N–H and O–H groups in total. The summed E-state index contributed by atoms with van der Waals surface area (Å²) in [6.45, 7) is 4.10. The predicted octanol–water partition coefficient (Wildman–Crippen LogP) is 4.26. The van der Waals surface area contributed by atoms with Crippen molar-refractivity contribution in [2.24, 2.45) is 0 Å². The number of ether oxygens (including phenoxy) is 2. The van der Waals surface area contributed by atoms with Crippen LogP contribution in [0.2, 0.25) is 10.0 Å². The molecule has 9 heteroatoms. The first-order chi connectivity index (χ1) is 15.0. The van der Waals surface area contributed by atoms with Gasteiger partial charge in [-0.2, -0.15) is 5.10 Å². The molecule has 0 bridgehead atoms. The number of morpholine rings is 1. The summed E-state index contributed by atoms with van der Waals surface area (Å²) < 4.78 is 12.7. The fourth-order valence-corrected chi connectivity index (χ4v) is 3.94. The Balaban J connectivity index is 1.55. The highest BCUT2D eigenvalue weighted by Gasteiger charge is 2.20. The predicted molar refractivity (Wildman–Crippen MR) is 119 cm³/mol. The Morgan fingerprint density at radius 2 is 1.74 bits per heavy atom. The van der Waals surface area contributed by atoms with Gasteiger partial charge in [-0.3, -0.25) is 4.90 Å². The normalized spacial score (nSPS) is 14.5.